The summed E-state index contributed by atoms with van der Waals surface area (Å²) in [5.41, 5.74) is 2.44. The van der Waals surface area contributed by atoms with E-state index in [1.165, 1.54) is 36.8 Å². The molecular weight excluding hydrogens is 286 g/mol. The molecule has 1 aromatic heterocycles. The van der Waals surface area contributed by atoms with Gasteiger partial charge in [0.25, 0.3) is 0 Å². The molecule has 23 heavy (non-hydrogen) atoms. The van der Waals surface area contributed by atoms with Gasteiger partial charge in [-0.3, -0.25) is 4.79 Å². The van der Waals surface area contributed by atoms with Gasteiger partial charge in [0, 0.05) is 12.0 Å². The molecule has 4 heteroatoms. The summed E-state index contributed by atoms with van der Waals surface area (Å²) in [6, 6.07) is 10.3. The zero-order chi connectivity index (χ0) is 15.8. The maximum atomic E-state index is 12.5. The second-order valence-corrected chi connectivity index (χ2v) is 6.99. The fourth-order valence-electron chi connectivity index (χ4n) is 4.14. The Morgan fingerprint density at radius 2 is 2.04 bits per heavy atom. The summed E-state index contributed by atoms with van der Waals surface area (Å²) in [5.74, 6) is 2.50. The summed E-state index contributed by atoms with van der Waals surface area (Å²) >= 11 is 0. The first-order chi connectivity index (χ1) is 11.2. The number of fused-ring (bicyclic) bond motifs is 1. The van der Waals surface area contributed by atoms with Crippen LogP contribution in [0.2, 0.25) is 0 Å². The minimum absolute atomic E-state index is 0.188. The van der Waals surface area contributed by atoms with E-state index in [4.69, 9.17) is 0 Å². The summed E-state index contributed by atoms with van der Waals surface area (Å²) in [7, 11) is 0. The molecule has 4 rings (SSSR count). The van der Waals surface area contributed by atoms with Gasteiger partial charge in [0.2, 0.25) is 5.91 Å². The predicted octanol–water partition coefficient (Wildman–Crippen LogP) is 3.61. The third-order valence-corrected chi connectivity index (χ3v) is 5.34. The lowest BCUT2D eigenvalue weighted by Gasteiger charge is -2.09. The molecule has 0 radical (unpaired) electrons. The van der Waals surface area contributed by atoms with E-state index in [0.717, 1.165) is 5.82 Å². The van der Waals surface area contributed by atoms with Crippen LogP contribution in [0.4, 0.5) is 5.82 Å². The average Bonchev–Trinajstić information content (AvgIpc) is 3.13. The van der Waals surface area contributed by atoms with Crippen molar-refractivity contribution in [1.29, 1.82) is 0 Å². The molecule has 0 bridgehead atoms. The quantitative estimate of drug-likeness (QED) is 0.937. The van der Waals surface area contributed by atoms with Gasteiger partial charge < -0.3 is 5.32 Å². The number of aryl methyl sites for hydroxylation is 1. The van der Waals surface area contributed by atoms with Crippen LogP contribution in [0.15, 0.2) is 36.5 Å². The highest BCUT2D eigenvalue weighted by Crippen LogP contribution is 2.55. The van der Waals surface area contributed by atoms with Gasteiger partial charge in [-0.1, -0.05) is 42.7 Å². The number of carbonyl (C=O) groups is 1. The Balaban J connectivity index is 1.44. The second kappa shape index (κ2) is 5.84. The zero-order valence-electron chi connectivity index (χ0n) is 13.5. The number of aromatic nitrogens is 2. The molecule has 2 aromatic rings. The van der Waals surface area contributed by atoms with E-state index >= 15 is 0 Å². The van der Waals surface area contributed by atoms with Gasteiger partial charge in [-0.25, -0.2) is 4.68 Å². The van der Waals surface area contributed by atoms with Gasteiger partial charge in [0.15, 0.2) is 0 Å². The number of anilines is 1. The molecule has 2 aliphatic carbocycles. The predicted molar refractivity (Wildman–Crippen MR) is 90.1 cm³/mol. The highest BCUT2D eigenvalue weighted by atomic mass is 16.2. The van der Waals surface area contributed by atoms with E-state index in [2.05, 4.69) is 41.6 Å². The van der Waals surface area contributed by atoms with E-state index in [9.17, 15) is 4.79 Å². The molecule has 0 aliphatic heterocycles. The van der Waals surface area contributed by atoms with Gasteiger partial charge in [-0.05, 0) is 37.2 Å². The van der Waals surface area contributed by atoms with Crippen molar-refractivity contribution in [1.82, 2.24) is 9.78 Å². The maximum Gasteiger partial charge on any atom is 0.229 e. The summed E-state index contributed by atoms with van der Waals surface area (Å²) in [4.78, 5) is 12.5. The molecule has 1 aromatic carbocycles. The molecule has 1 N–H and O–H groups in total. The smallest absolute Gasteiger partial charge is 0.229 e. The summed E-state index contributed by atoms with van der Waals surface area (Å²) in [5, 5.41) is 7.47. The van der Waals surface area contributed by atoms with E-state index < -0.39 is 0 Å². The Morgan fingerprint density at radius 1 is 1.26 bits per heavy atom. The lowest BCUT2D eigenvalue weighted by atomic mass is 10.0. The topological polar surface area (TPSA) is 46.9 Å². The molecule has 2 fully saturated rings. The molecular formula is C19H23N3O. The van der Waals surface area contributed by atoms with Crippen molar-refractivity contribution in [3.63, 3.8) is 0 Å². The van der Waals surface area contributed by atoms with Crippen molar-refractivity contribution >= 4 is 11.7 Å². The van der Waals surface area contributed by atoms with E-state index in [-0.39, 0.29) is 11.8 Å². The number of rotatable bonds is 4. The van der Waals surface area contributed by atoms with Crippen LogP contribution in [0.3, 0.4) is 0 Å². The number of nitrogens with one attached hydrogen (secondary N) is 1. The van der Waals surface area contributed by atoms with E-state index in [0.29, 0.717) is 18.4 Å². The highest BCUT2D eigenvalue weighted by Gasteiger charge is 2.54. The minimum atomic E-state index is 0.188. The lowest BCUT2D eigenvalue weighted by Crippen LogP contribution is -2.19. The molecule has 4 nitrogen and oxygen atoms in total. The van der Waals surface area contributed by atoms with Gasteiger partial charge in [0.05, 0.1) is 12.7 Å². The van der Waals surface area contributed by atoms with Crippen LogP contribution < -0.4 is 5.32 Å². The van der Waals surface area contributed by atoms with Crippen molar-refractivity contribution in [2.45, 2.75) is 39.2 Å². The summed E-state index contributed by atoms with van der Waals surface area (Å²) in [6.07, 6.45) is 6.79. The Morgan fingerprint density at radius 3 is 2.78 bits per heavy atom. The zero-order valence-corrected chi connectivity index (χ0v) is 13.5. The van der Waals surface area contributed by atoms with Crippen LogP contribution in [-0.4, -0.2) is 15.7 Å². The van der Waals surface area contributed by atoms with Crippen LogP contribution in [0, 0.1) is 24.7 Å². The van der Waals surface area contributed by atoms with Gasteiger partial charge in [0.1, 0.15) is 5.82 Å². The number of amides is 1. The van der Waals surface area contributed by atoms with Gasteiger partial charge in [-0.2, -0.15) is 5.10 Å². The normalized spacial score (nSPS) is 25.7. The van der Waals surface area contributed by atoms with Crippen LogP contribution in [0.5, 0.6) is 0 Å². The Bertz CT molecular complexity index is 709. The van der Waals surface area contributed by atoms with Crippen LogP contribution in [0.25, 0.3) is 0 Å². The molecule has 1 amide bonds. The first-order valence-electron chi connectivity index (χ1n) is 8.60. The molecule has 2 unspecified atom stereocenters. The van der Waals surface area contributed by atoms with Crippen LogP contribution in [0.1, 0.15) is 36.8 Å². The highest BCUT2D eigenvalue weighted by molar-refractivity contribution is 5.94. The number of hydrogen-bond acceptors (Lipinski definition) is 2. The Labute approximate surface area is 136 Å². The second-order valence-electron chi connectivity index (χ2n) is 6.99. The standard InChI is InChI=1S/C19H23N3O/c1-13-5-4-6-14(11-13)12-22-17(9-10-20-22)21-19(23)18-15-7-2-3-8-16(15)18/h4-6,9-11,15-16,18H,2-3,7-8,12H2,1H3,(H,21,23). The monoisotopic (exact) mass is 309 g/mol. The van der Waals surface area contributed by atoms with E-state index in [1.54, 1.807) is 6.20 Å². The molecule has 1 heterocycles. The number of nitrogens with zero attached hydrogens (tertiary/aromatic N) is 2. The number of hydrogen-bond donors (Lipinski definition) is 1. The lowest BCUT2D eigenvalue weighted by molar-refractivity contribution is -0.117. The minimum Gasteiger partial charge on any atom is -0.311 e. The van der Waals surface area contributed by atoms with E-state index in [1.807, 2.05) is 10.7 Å². The van der Waals surface area contributed by atoms with Crippen molar-refractivity contribution in [2.24, 2.45) is 17.8 Å². The molecule has 2 atom stereocenters. The molecule has 2 saturated carbocycles. The van der Waals surface area contributed by atoms with Crippen molar-refractivity contribution in [2.75, 3.05) is 5.32 Å². The summed E-state index contributed by atoms with van der Waals surface area (Å²) < 4.78 is 1.87. The number of carbonyl (C=O) groups excluding carboxylic acids is 1. The first-order valence-corrected chi connectivity index (χ1v) is 8.60. The van der Waals surface area contributed by atoms with Crippen molar-refractivity contribution in [3.8, 4) is 0 Å². The first kappa shape index (κ1) is 14.5. The molecule has 120 valence electrons. The fraction of sp³-hybridized carbons (Fsp3) is 0.474. The fourth-order valence-corrected chi connectivity index (χ4v) is 4.14. The van der Waals surface area contributed by atoms with Crippen molar-refractivity contribution < 1.29 is 4.79 Å². The van der Waals surface area contributed by atoms with Gasteiger partial charge in [-0.15, -0.1) is 0 Å². The summed E-state index contributed by atoms with van der Waals surface area (Å²) in [6.45, 7) is 2.77. The number of benzene rings is 1. The van der Waals surface area contributed by atoms with Crippen LogP contribution in [-0.2, 0) is 11.3 Å². The molecule has 2 aliphatic rings. The van der Waals surface area contributed by atoms with Gasteiger partial charge >= 0.3 is 0 Å². The average molecular weight is 309 g/mol. The maximum absolute atomic E-state index is 12.5. The Hall–Kier alpha value is -2.10. The molecule has 0 spiro atoms. The third-order valence-electron chi connectivity index (χ3n) is 5.34. The largest absolute Gasteiger partial charge is 0.311 e. The Kier molecular flexibility index (Phi) is 3.68. The SMILES string of the molecule is Cc1cccc(Cn2nccc2NC(=O)C2C3CCCCC32)c1. The molecule has 0 saturated heterocycles. The van der Waals surface area contributed by atoms with Crippen molar-refractivity contribution in [3.05, 3.63) is 47.7 Å². The van der Waals surface area contributed by atoms with Crippen LogP contribution >= 0.6 is 0 Å². The third kappa shape index (κ3) is 2.90.